The zero-order chi connectivity index (χ0) is 27.6. The van der Waals surface area contributed by atoms with Crippen molar-refractivity contribution < 1.29 is 32.3 Å². The molecule has 2 atom stereocenters. The lowest BCUT2D eigenvalue weighted by molar-refractivity contribution is -0.114. The fraction of sp³-hybridized carbons (Fsp3) is 0.360. The molecule has 0 radical (unpaired) electrons. The second kappa shape index (κ2) is 13.4. The van der Waals surface area contributed by atoms with E-state index in [1.807, 2.05) is 13.8 Å². The van der Waals surface area contributed by atoms with Crippen LogP contribution in [0.4, 0.5) is 21.0 Å². The minimum Gasteiger partial charge on any atom is -0.446 e. The van der Waals surface area contributed by atoms with Crippen LogP contribution in [0.2, 0.25) is 0 Å². The van der Waals surface area contributed by atoms with Crippen molar-refractivity contribution in [1.29, 1.82) is 0 Å². The van der Waals surface area contributed by atoms with Crippen molar-refractivity contribution in [2.24, 2.45) is 4.99 Å². The summed E-state index contributed by atoms with van der Waals surface area (Å²) in [7, 11) is -3.93. The summed E-state index contributed by atoms with van der Waals surface area (Å²) in [4.78, 5) is 40.7. The van der Waals surface area contributed by atoms with E-state index in [0.717, 1.165) is 0 Å². The van der Waals surface area contributed by atoms with Crippen LogP contribution in [-0.4, -0.2) is 44.7 Å². The van der Waals surface area contributed by atoms with Crippen LogP contribution in [-0.2, 0) is 24.1 Å². The zero-order valence-corrected chi connectivity index (χ0v) is 22.2. The Balaban J connectivity index is 2.56. The summed E-state index contributed by atoms with van der Waals surface area (Å²) < 4.78 is 36.7. The fourth-order valence-corrected chi connectivity index (χ4v) is 4.10. The number of hydrogen-bond acceptors (Lipinski definition) is 8. The van der Waals surface area contributed by atoms with E-state index in [4.69, 9.17) is 9.47 Å². The summed E-state index contributed by atoms with van der Waals surface area (Å²) in [6, 6.07) is 11.7. The van der Waals surface area contributed by atoms with Crippen molar-refractivity contribution in [2.45, 2.75) is 69.5 Å². The lowest BCUT2D eigenvalue weighted by Crippen LogP contribution is -2.45. The van der Waals surface area contributed by atoms with E-state index in [1.54, 1.807) is 32.0 Å². The number of guanidine groups is 1. The van der Waals surface area contributed by atoms with Crippen molar-refractivity contribution in [1.82, 2.24) is 10.6 Å². The zero-order valence-electron chi connectivity index (χ0n) is 21.4. The normalized spacial score (nSPS) is 12.5. The van der Waals surface area contributed by atoms with E-state index in [-0.39, 0.29) is 27.1 Å². The molecule has 37 heavy (non-hydrogen) atoms. The average Bonchev–Trinajstić information content (AvgIpc) is 2.84. The number of anilines is 1. The number of sulfone groups is 1. The molecule has 0 aliphatic heterocycles. The summed E-state index contributed by atoms with van der Waals surface area (Å²) in [5, 5.41) is 7.23. The highest BCUT2D eigenvalue weighted by atomic mass is 32.2. The minimum atomic E-state index is -3.93. The Hall–Kier alpha value is -3.93. The van der Waals surface area contributed by atoms with Gasteiger partial charge in [0, 0.05) is 6.92 Å². The molecule has 0 aromatic heterocycles. The highest BCUT2D eigenvalue weighted by molar-refractivity contribution is 7.91. The van der Waals surface area contributed by atoms with Crippen LogP contribution in [0, 0.1) is 0 Å². The first-order valence-electron chi connectivity index (χ1n) is 11.7. The van der Waals surface area contributed by atoms with Gasteiger partial charge in [-0.25, -0.2) is 23.0 Å². The number of nitrogens with zero attached hydrogens (tertiary/aromatic N) is 1. The molecule has 2 aromatic rings. The van der Waals surface area contributed by atoms with E-state index in [0.29, 0.717) is 12.8 Å². The van der Waals surface area contributed by atoms with Gasteiger partial charge in [0.1, 0.15) is 12.2 Å². The molecule has 2 aromatic carbocycles. The molecule has 3 amide bonds. The van der Waals surface area contributed by atoms with Crippen LogP contribution in [0.3, 0.4) is 0 Å². The Bertz CT molecular complexity index is 1220. The molecule has 0 saturated heterocycles. The number of benzene rings is 2. The topological polar surface area (TPSA) is 152 Å². The van der Waals surface area contributed by atoms with Crippen molar-refractivity contribution >= 4 is 45.3 Å². The van der Waals surface area contributed by atoms with Gasteiger partial charge in [-0.3, -0.25) is 15.4 Å². The molecule has 0 fully saturated rings. The molecule has 0 spiro atoms. The van der Waals surface area contributed by atoms with Gasteiger partial charge in [0.05, 0.1) is 21.2 Å². The second-order valence-electron chi connectivity index (χ2n) is 8.14. The van der Waals surface area contributed by atoms with Crippen molar-refractivity contribution in [3.63, 3.8) is 0 Å². The number of alkyl carbamates (subject to hydrolysis) is 2. The summed E-state index contributed by atoms with van der Waals surface area (Å²) in [5.41, 5.74) is 0.0982. The maximum atomic E-state index is 13.2. The molecule has 0 bridgehead atoms. The maximum Gasteiger partial charge on any atom is 0.414 e. The standard InChI is InChI=1S/C25H32N4O7S/c1-6-16(3)35-24(31)28-23(29-25(32)36-17(4)7-2)27-22-15-20(13-14-21(22)26-18(5)30)37(33,34)19-11-9-8-10-12-19/h8-17H,6-7H2,1-5H3,(H,26,30)(H2,27,28,29,31,32). The summed E-state index contributed by atoms with van der Waals surface area (Å²) >= 11 is 0. The van der Waals surface area contributed by atoms with Gasteiger partial charge in [0.2, 0.25) is 21.7 Å². The van der Waals surface area contributed by atoms with Crippen LogP contribution in [0.5, 0.6) is 0 Å². The predicted molar refractivity (Wildman–Crippen MR) is 138 cm³/mol. The number of carbonyl (C=O) groups excluding carboxylic acids is 3. The van der Waals surface area contributed by atoms with Gasteiger partial charge in [-0.2, -0.15) is 0 Å². The first kappa shape index (κ1) is 29.3. The molecule has 0 heterocycles. The van der Waals surface area contributed by atoms with E-state index in [9.17, 15) is 22.8 Å². The Morgan fingerprint density at radius 2 is 1.41 bits per heavy atom. The van der Waals surface area contributed by atoms with Gasteiger partial charge in [-0.15, -0.1) is 0 Å². The second-order valence-corrected chi connectivity index (χ2v) is 10.1. The van der Waals surface area contributed by atoms with Crippen LogP contribution in [0.15, 0.2) is 63.3 Å². The summed E-state index contributed by atoms with van der Waals surface area (Å²) in [6.45, 7) is 8.30. The Morgan fingerprint density at radius 1 is 0.865 bits per heavy atom. The molecule has 2 unspecified atom stereocenters. The summed E-state index contributed by atoms with van der Waals surface area (Å²) in [5.74, 6) is -0.826. The molecular formula is C25H32N4O7S. The molecule has 11 nitrogen and oxygen atoms in total. The molecule has 3 N–H and O–H groups in total. The first-order chi connectivity index (χ1) is 17.5. The maximum absolute atomic E-state index is 13.2. The highest BCUT2D eigenvalue weighted by Gasteiger charge is 2.21. The first-order valence-corrected chi connectivity index (χ1v) is 13.2. The van der Waals surface area contributed by atoms with Gasteiger partial charge in [-0.1, -0.05) is 32.0 Å². The molecule has 2 rings (SSSR count). The molecule has 12 heteroatoms. The van der Waals surface area contributed by atoms with Crippen LogP contribution < -0.4 is 16.0 Å². The lowest BCUT2D eigenvalue weighted by Gasteiger charge is -2.16. The van der Waals surface area contributed by atoms with Crippen molar-refractivity contribution in [3.8, 4) is 0 Å². The molecule has 0 aliphatic rings. The lowest BCUT2D eigenvalue weighted by atomic mass is 10.2. The third-order valence-electron chi connectivity index (χ3n) is 5.08. The van der Waals surface area contributed by atoms with E-state index >= 15 is 0 Å². The van der Waals surface area contributed by atoms with Crippen molar-refractivity contribution in [3.05, 3.63) is 48.5 Å². The van der Waals surface area contributed by atoms with E-state index in [2.05, 4.69) is 20.9 Å². The third-order valence-corrected chi connectivity index (χ3v) is 6.85. The monoisotopic (exact) mass is 532 g/mol. The number of hydrogen-bond donors (Lipinski definition) is 3. The number of ether oxygens (including phenoxy) is 2. The predicted octanol–water partition coefficient (Wildman–Crippen LogP) is 4.51. The quantitative estimate of drug-likeness (QED) is 0.334. The SMILES string of the molecule is CCC(C)OC(=O)NC(=Nc1cc(S(=O)(=O)c2ccccc2)ccc1NC(C)=O)NC(=O)OC(C)CC. The van der Waals surface area contributed by atoms with Gasteiger partial charge in [0.15, 0.2) is 0 Å². The van der Waals surface area contributed by atoms with Crippen molar-refractivity contribution in [2.75, 3.05) is 5.32 Å². The van der Waals surface area contributed by atoms with Crippen LogP contribution >= 0.6 is 0 Å². The van der Waals surface area contributed by atoms with E-state index < -0.39 is 40.1 Å². The van der Waals surface area contributed by atoms with Crippen LogP contribution in [0.25, 0.3) is 0 Å². The summed E-state index contributed by atoms with van der Waals surface area (Å²) in [6.07, 6.45) is -1.52. The Morgan fingerprint density at radius 3 is 1.89 bits per heavy atom. The number of nitrogens with one attached hydrogen (secondary N) is 3. The van der Waals surface area contributed by atoms with Gasteiger partial charge in [0.25, 0.3) is 0 Å². The largest absolute Gasteiger partial charge is 0.446 e. The van der Waals surface area contributed by atoms with Gasteiger partial charge < -0.3 is 14.8 Å². The van der Waals surface area contributed by atoms with Gasteiger partial charge >= 0.3 is 12.2 Å². The fourth-order valence-electron chi connectivity index (χ4n) is 2.79. The minimum absolute atomic E-state index is 0.0464. The van der Waals surface area contributed by atoms with Crippen LogP contribution in [0.1, 0.15) is 47.5 Å². The smallest absolute Gasteiger partial charge is 0.414 e. The number of aliphatic imine (C=N–C) groups is 1. The Labute approximate surface area is 216 Å². The molecule has 0 saturated carbocycles. The number of carbonyl (C=O) groups is 3. The Kier molecular flexibility index (Phi) is 10.6. The number of amides is 3. The van der Waals surface area contributed by atoms with Gasteiger partial charge in [-0.05, 0) is 57.0 Å². The highest BCUT2D eigenvalue weighted by Crippen LogP contribution is 2.31. The molecule has 200 valence electrons. The molecular weight excluding hydrogens is 500 g/mol. The van der Waals surface area contributed by atoms with E-state index in [1.165, 1.54) is 37.3 Å². The molecule has 0 aliphatic carbocycles. The average molecular weight is 533 g/mol. The third kappa shape index (κ3) is 8.90. The number of rotatable bonds is 8.